The Morgan fingerprint density at radius 1 is 0.266 bits per heavy atom. The van der Waals surface area contributed by atoms with E-state index in [0.29, 0.717) is 137 Å². The van der Waals surface area contributed by atoms with Gasteiger partial charge in [-0.15, -0.1) is 0 Å². The Morgan fingerprint density at radius 3 is 0.562 bits per heavy atom. The molecule has 0 aromatic heterocycles. The van der Waals surface area contributed by atoms with Crippen LogP contribution in [0.15, 0.2) is 279 Å². The van der Waals surface area contributed by atoms with Gasteiger partial charge in [0.15, 0.2) is 0 Å². The van der Waals surface area contributed by atoms with Crippen LogP contribution in [0.1, 0.15) is 74.8 Å². The van der Waals surface area contributed by atoms with E-state index in [0.717, 1.165) is 35.1 Å². The van der Waals surface area contributed by atoms with Crippen molar-refractivity contribution in [3.8, 4) is 23.0 Å². The molecule has 0 radical (unpaired) electrons. The molecule has 6 amide bonds. The number of nitrogens with one attached hydrogen (secondary N) is 4. The summed E-state index contributed by atoms with van der Waals surface area (Å²) in [4.78, 5) is 128. The SMILES string of the molecule is CN(C)C=O.CN(C)C=O.O=C(NCc1ccccc1)c1ccccc1OCCN(CCOc1ccccc1C(=O)NCc1ccccc1)Cc1ccccc1.O=C(NCc1ccccc1)c1ccccc1OCCN(CCOc1ccccc1C(=O)NCc1ccccc1)Cc1ccccc1.O=[N+]([O-])[O-].O=[N+]([O-])[O-].O=[N+]([O-])[O-].O=[N+]([O-])[O-].O=[N+]([O-])[O-].O=[N+]([O-])[O-].[Tb+3].[Tb+3]. The van der Waals surface area contributed by atoms with Crippen LogP contribution in [-0.4, -0.2) is 167 Å². The van der Waals surface area contributed by atoms with E-state index in [-0.39, 0.29) is 101 Å². The third-order valence-corrected chi connectivity index (χ3v) is 15.3. The van der Waals surface area contributed by atoms with Crippen LogP contribution in [0.5, 0.6) is 23.0 Å². The molecule has 0 heterocycles. The standard InChI is InChI=1S/2C39H39N3O4.2C3H7NO.6NO3.2Tb/c2*43-38(40-28-31-14-4-1-5-15-31)34-20-10-12-22-36(34)45-26-24-42(30-33-18-8-3-9-19-33)25-27-46-37-23-13-11-21-35(37)39(44)41-29-32-16-6-2-7-17-32;2*1-4(2)3-5;6*2-1(3)4;;/h2*1-23H,24-30H2,(H,40,43)(H,41,44);2*3H,1-2H3;;;;;;;;/q;;;;6*-1;2*+3. The Labute approximate surface area is 796 Å². The maximum absolute atomic E-state index is 13.0. The number of hydrogen-bond acceptors (Lipinski definition) is 30. The Bertz CT molecular complexity index is 4220. The molecule has 10 rings (SSSR count). The van der Waals surface area contributed by atoms with Crippen molar-refractivity contribution in [1.29, 1.82) is 0 Å². The third kappa shape index (κ3) is 61.3. The van der Waals surface area contributed by atoms with E-state index in [4.69, 9.17) is 111 Å². The van der Waals surface area contributed by atoms with Gasteiger partial charge in [-0.25, -0.2) is 0 Å². The number of ether oxygens (including phenoxy) is 4. The van der Waals surface area contributed by atoms with Gasteiger partial charge >= 0.3 is 77.2 Å². The molecule has 0 saturated carbocycles. The van der Waals surface area contributed by atoms with Gasteiger partial charge in [-0.05, 0) is 81.9 Å². The van der Waals surface area contributed by atoms with Crippen LogP contribution >= 0.6 is 0 Å². The predicted molar refractivity (Wildman–Crippen MR) is 463 cm³/mol. The van der Waals surface area contributed by atoms with Crippen molar-refractivity contribution >= 4 is 36.4 Å². The smallest absolute Gasteiger partial charge is 0.491 e. The minimum Gasteiger partial charge on any atom is -0.491 e. The Hall–Kier alpha value is -14.1. The molecule has 44 heteroatoms. The largest absolute Gasteiger partial charge is 3.00 e. The molecular formula is C84H92N14O28Tb2. The number of rotatable bonds is 34. The van der Waals surface area contributed by atoms with Gasteiger partial charge in [0.05, 0.1) is 52.8 Å². The summed E-state index contributed by atoms with van der Waals surface area (Å²) < 4.78 is 24.6. The fraction of sp³-hybridized carbons (Fsp3) is 0.214. The second kappa shape index (κ2) is 72.2. The van der Waals surface area contributed by atoms with Crippen LogP contribution in [0.25, 0.3) is 0 Å². The molecular weight excluding hydrogens is 1970 g/mol. The molecule has 42 nitrogen and oxygen atoms in total. The molecule has 0 fully saturated rings. The zero-order valence-corrected chi connectivity index (χ0v) is 73.5. The maximum atomic E-state index is 13.0. The van der Waals surface area contributed by atoms with Crippen molar-refractivity contribution in [3.63, 3.8) is 0 Å². The predicted octanol–water partition coefficient (Wildman–Crippen LogP) is 11.0. The van der Waals surface area contributed by atoms with E-state index in [9.17, 15) is 28.8 Å². The summed E-state index contributed by atoms with van der Waals surface area (Å²) in [6.45, 7) is 7.13. The summed E-state index contributed by atoms with van der Waals surface area (Å²) in [7, 11) is 6.75. The molecule has 0 unspecified atom stereocenters. The third-order valence-electron chi connectivity index (χ3n) is 15.3. The molecule has 10 aromatic rings. The van der Waals surface area contributed by atoms with Crippen molar-refractivity contribution in [1.82, 2.24) is 40.9 Å². The monoisotopic (exact) mass is 2060 g/mol. The summed E-state index contributed by atoms with van der Waals surface area (Å²) >= 11 is 0. The van der Waals surface area contributed by atoms with Gasteiger partial charge in [0.25, 0.3) is 23.6 Å². The summed E-state index contributed by atoms with van der Waals surface area (Å²) in [5.41, 5.74) is 8.46. The molecule has 0 aliphatic carbocycles. The molecule has 10 aromatic carbocycles. The van der Waals surface area contributed by atoms with E-state index >= 15 is 0 Å². The van der Waals surface area contributed by atoms with E-state index < -0.39 is 30.5 Å². The summed E-state index contributed by atoms with van der Waals surface area (Å²) in [5, 5.41) is 100. The van der Waals surface area contributed by atoms with E-state index in [1.165, 1.54) is 20.9 Å². The number of hydrogen-bond donors (Lipinski definition) is 4. The summed E-state index contributed by atoms with van der Waals surface area (Å²) in [6, 6.07) is 88.9. The first-order valence-corrected chi connectivity index (χ1v) is 37.1. The van der Waals surface area contributed by atoms with Gasteiger partial charge in [-0.3, -0.25) is 38.6 Å². The molecule has 0 saturated heterocycles. The average molecular weight is 2060 g/mol. The number of amides is 6. The Morgan fingerprint density at radius 2 is 0.406 bits per heavy atom. The second-order valence-corrected chi connectivity index (χ2v) is 25.1. The molecule has 0 aliphatic heterocycles. The van der Waals surface area contributed by atoms with Gasteiger partial charge < -0.3 is 142 Å². The van der Waals surface area contributed by atoms with Gasteiger partial charge in [0.1, 0.15) is 49.4 Å². The van der Waals surface area contributed by atoms with Crippen LogP contribution in [0.2, 0.25) is 0 Å². The minimum atomic E-state index is -1.75. The maximum Gasteiger partial charge on any atom is 3.00 e. The van der Waals surface area contributed by atoms with Crippen LogP contribution in [0, 0.1) is 169 Å². The fourth-order valence-corrected chi connectivity index (χ4v) is 9.98. The molecule has 0 spiro atoms. The normalized spacial score (nSPS) is 9.36. The molecule has 128 heavy (non-hydrogen) atoms. The number of carbonyl (C=O) groups excluding carboxylic acids is 6. The summed E-state index contributed by atoms with van der Waals surface area (Å²) in [6.07, 6.45) is 1.50. The van der Waals surface area contributed by atoms with Gasteiger partial charge in [-0.2, -0.15) is 0 Å². The first-order valence-electron chi connectivity index (χ1n) is 37.1. The van der Waals surface area contributed by atoms with Gasteiger partial charge in [0.2, 0.25) is 12.8 Å². The topological polar surface area (TPSA) is 598 Å². The molecule has 0 aliphatic rings. The number of para-hydroxylation sites is 4. The molecule has 684 valence electrons. The van der Waals surface area contributed by atoms with E-state index in [1.54, 1.807) is 52.5 Å². The average Bonchev–Trinajstić information content (AvgIpc) is 0.869. The quantitative estimate of drug-likeness (QED) is 0.0165. The first kappa shape index (κ1) is 116. The van der Waals surface area contributed by atoms with Crippen LogP contribution < -0.4 is 40.2 Å². The van der Waals surface area contributed by atoms with Crippen molar-refractivity contribution < 1.29 is 155 Å². The van der Waals surface area contributed by atoms with Gasteiger partial charge in [0, 0.05) is 93.6 Å². The molecule has 0 bridgehead atoms. The van der Waals surface area contributed by atoms with Crippen LogP contribution in [-0.2, 0) is 48.9 Å². The van der Waals surface area contributed by atoms with Crippen molar-refractivity contribution in [2.45, 2.75) is 39.3 Å². The Balaban J connectivity index is 0. The first-order chi connectivity index (χ1) is 60.2. The zero-order valence-electron chi connectivity index (χ0n) is 69.2. The summed E-state index contributed by atoms with van der Waals surface area (Å²) in [5.74, 6) is 1.44. The van der Waals surface area contributed by atoms with Crippen molar-refractivity contribution in [3.05, 3.63) is 427 Å². The van der Waals surface area contributed by atoms with Crippen LogP contribution in [0.4, 0.5) is 0 Å². The van der Waals surface area contributed by atoms with Crippen molar-refractivity contribution in [2.24, 2.45) is 0 Å². The van der Waals surface area contributed by atoms with E-state index in [2.05, 4.69) is 55.3 Å². The number of nitrogens with zero attached hydrogens (tertiary/aromatic N) is 10. The van der Waals surface area contributed by atoms with Gasteiger partial charge in [-0.1, -0.05) is 231 Å². The van der Waals surface area contributed by atoms with Crippen LogP contribution in [0.3, 0.4) is 0 Å². The van der Waals surface area contributed by atoms with E-state index in [1.807, 2.05) is 231 Å². The van der Waals surface area contributed by atoms with Crippen molar-refractivity contribution in [2.75, 3.05) is 80.8 Å². The fourth-order valence-electron chi connectivity index (χ4n) is 9.98. The second-order valence-electron chi connectivity index (χ2n) is 25.1. The molecule has 4 N–H and O–H groups in total. The minimum absolute atomic E-state index is 0. The Kier molecular flexibility index (Phi) is 65.4. The number of carbonyl (C=O) groups is 6. The number of benzene rings is 10. The molecule has 0 atom stereocenters. The zero-order chi connectivity index (χ0) is 93.7.